The van der Waals surface area contributed by atoms with Gasteiger partial charge >= 0.3 is 0 Å². The highest BCUT2D eigenvalue weighted by Gasteiger charge is 2.23. The summed E-state index contributed by atoms with van der Waals surface area (Å²) >= 11 is 0. The van der Waals surface area contributed by atoms with Crippen LogP contribution in [0.2, 0.25) is 0 Å². The minimum absolute atomic E-state index is 0.228. The highest BCUT2D eigenvalue weighted by molar-refractivity contribution is 5.68. The Morgan fingerprint density at radius 2 is 2.22 bits per heavy atom. The Hall–Kier alpha value is -1.45. The lowest BCUT2D eigenvalue weighted by Crippen LogP contribution is -2.17. The van der Waals surface area contributed by atoms with E-state index in [-0.39, 0.29) is 5.75 Å². The topological polar surface area (TPSA) is 47.3 Å². The lowest BCUT2D eigenvalue weighted by atomic mass is 9.98. The Bertz CT molecular complexity index is 423. The van der Waals surface area contributed by atoms with Crippen LogP contribution in [0.3, 0.4) is 0 Å². The zero-order chi connectivity index (χ0) is 13.1. The molecule has 0 saturated heterocycles. The second kappa shape index (κ2) is 5.46. The maximum absolute atomic E-state index is 13.4. The summed E-state index contributed by atoms with van der Waals surface area (Å²) in [6.07, 6.45) is 3.86. The minimum atomic E-state index is -0.421. The first-order valence-electron chi connectivity index (χ1n) is 6.48. The summed E-state index contributed by atoms with van der Waals surface area (Å²) in [7, 11) is 1.46. The summed E-state index contributed by atoms with van der Waals surface area (Å²) in [6.45, 7) is 3.17. The van der Waals surface area contributed by atoms with Gasteiger partial charge in [-0.25, -0.2) is 4.39 Å². The van der Waals surface area contributed by atoms with Gasteiger partial charge in [-0.15, -0.1) is 0 Å². The molecule has 4 heteroatoms. The number of nitrogen functional groups attached to an aromatic ring is 1. The number of ether oxygens (including phenoxy) is 1. The number of hydrogen-bond acceptors (Lipinski definition) is 3. The van der Waals surface area contributed by atoms with Gasteiger partial charge in [0.05, 0.1) is 18.5 Å². The lowest BCUT2D eigenvalue weighted by Gasteiger charge is -2.18. The smallest absolute Gasteiger partial charge is 0.167 e. The summed E-state index contributed by atoms with van der Waals surface area (Å²) < 4.78 is 18.4. The first-order valence-corrected chi connectivity index (χ1v) is 6.48. The molecule has 2 unspecified atom stereocenters. The van der Waals surface area contributed by atoms with Crippen molar-refractivity contribution in [3.63, 3.8) is 0 Å². The second-order valence-electron chi connectivity index (χ2n) is 5.12. The summed E-state index contributed by atoms with van der Waals surface area (Å²) in [4.78, 5) is 0. The molecule has 0 aromatic heterocycles. The van der Waals surface area contributed by atoms with Crippen LogP contribution in [-0.2, 0) is 0 Å². The average Bonchev–Trinajstić information content (AvgIpc) is 2.74. The van der Waals surface area contributed by atoms with E-state index in [1.54, 1.807) is 6.07 Å². The number of methoxy groups -OCH3 is 1. The number of nitrogens with one attached hydrogen (secondary N) is 1. The van der Waals surface area contributed by atoms with Crippen molar-refractivity contribution in [3.05, 3.63) is 17.9 Å². The SMILES string of the molecule is COc1cc(NCC2CCCC2C)c(N)cc1F. The van der Waals surface area contributed by atoms with Gasteiger partial charge in [-0.05, 0) is 18.3 Å². The molecule has 100 valence electrons. The number of benzene rings is 1. The molecule has 2 atom stereocenters. The fourth-order valence-corrected chi connectivity index (χ4v) is 2.64. The Balaban J connectivity index is 2.04. The zero-order valence-electron chi connectivity index (χ0n) is 11.0. The van der Waals surface area contributed by atoms with Gasteiger partial charge in [0.2, 0.25) is 0 Å². The van der Waals surface area contributed by atoms with E-state index in [4.69, 9.17) is 10.5 Å². The van der Waals surface area contributed by atoms with Crippen molar-refractivity contribution < 1.29 is 9.13 Å². The van der Waals surface area contributed by atoms with E-state index in [0.717, 1.165) is 18.2 Å². The molecule has 1 aliphatic rings. The molecule has 3 nitrogen and oxygen atoms in total. The third-order valence-electron chi connectivity index (χ3n) is 3.92. The molecule has 0 bridgehead atoms. The fraction of sp³-hybridized carbons (Fsp3) is 0.571. The fourth-order valence-electron chi connectivity index (χ4n) is 2.64. The van der Waals surface area contributed by atoms with Gasteiger partial charge in [0.15, 0.2) is 11.6 Å². The zero-order valence-corrected chi connectivity index (χ0v) is 11.0. The molecule has 0 amide bonds. The van der Waals surface area contributed by atoms with Crippen LogP contribution < -0.4 is 15.8 Å². The van der Waals surface area contributed by atoms with Crippen LogP contribution >= 0.6 is 0 Å². The molecule has 0 spiro atoms. The normalized spacial score (nSPS) is 23.1. The van der Waals surface area contributed by atoms with Crippen LogP contribution in [0.15, 0.2) is 12.1 Å². The monoisotopic (exact) mass is 252 g/mol. The van der Waals surface area contributed by atoms with Crippen LogP contribution in [0.4, 0.5) is 15.8 Å². The van der Waals surface area contributed by atoms with Crippen molar-refractivity contribution in [2.24, 2.45) is 11.8 Å². The Labute approximate surface area is 108 Å². The quantitative estimate of drug-likeness (QED) is 0.808. The van der Waals surface area contributed by atoms with E-state index in [9.17, 15) is 4.39 Å². The molecule has 0 aliphatic heterocycles. The Morgan fingerprint density at radius 1 is 1.44 bits per heavy atom. The summed E-state index contributed by atoms with van der Waals surface area (Å²) in [5.74, 6) is 1.24. The summed E-state index contributed by atoms with van der Waals surface area (Å²) in [5.41, 5.74) is 6.99. The van der Waals surface area contributed by atoms with Gasteiger partial charge in [-0.2, -0.15) is 0 Å². The van der Waals surface area contributed by atoms with Crippen molar-refractivity contribution >= 4 is 11.4 Å². The van der Waals surface area contributed by atoms with E-state index in [2.05, 4.69) is 12.2 Å². The number of nitrogens with two attached hydrogens (primary N) is 1. The van der Waals surface area contributed by atoms with Crippen molar-refractivity contribution in [2.45, 2.75) is 26.2 Å². The number of anilines is 2. The minimum Gasteiger partial charge on any atom is -0.494 e. The molecule has 2 rings (SSSR count). The van der Waals surface area contributed by atoms with Crippen LogP contribution in [-0.4, -0.2) is 13.7 Å². The largest absolute Gasteiger partial charge is 0.494 e. The van der Waals surface area contributed by atoms with Gasteiger partial charge in [0.1, 0.15) is 0 Å². The molecule has 0 heterocycles. The van der Waals surface area contributed by atoms with Gasteiger partial charge in [0.25, 0.3) is 0 Å². The molecular weight excluding hydrogens is 231 g/mol. The number of rotatable bonds is 4. The van der Waals surface area contributed by atoms with Gasteiger partial charge in [-0.3, -0.25) is 0 Å². The third kappa shape index (κ3) is 2.68. The van der Waals surface area contributed by atoms with E-state index in [0.29, 0.717) is 11.6 Å². The number of halogens is 1. The average molecular weight is 252 g/mol. The second-order valence-corrected chi connectivity index (χ2v) is 5.12. The van der Waals surface area contributed by atoms with Gasteiger partial charge in [-0.1, -0.05) is 19.8 Å². The van der Waals surface area contributed by atoms with E-state index >= 15 is 0 Å². The predicted octanol–water partition coefficient (Wildman–Crippen LogP) is 3.26. The van der Waals surface area contributed by atoms with E-state index in [1.165, 1.54) is 32.4 Å². The molecule has 3 N–H and O–H groups in total. The molecule has 1 aromatic carbocycles. The third-order valence-corrected chi connectivity index (χ3v) is 3.92. The summed E-state index contributed by atoms with van der Waals surface area (Å²) in [5, 5.41) is 3.32. The van der Waals surface area contributed by atoms with Gasteiger partial charge in [0, 0.05) is 18.7 Å². The number of hydrogen-bond donors (Lipinski definition) is 2. The summed E-state index contributed by atoms with van der Waals surface area (Å²) in [6, 6.07) is 2.93. The van der Waals surface area contributed by atoms with Crippen LogP contribution in [0, 0.1) is 17.7 Å². The van der Waals surface area contributed by atoms with Crippen LogP contribution in [0.1, 0.15) is 26.2 Å². The molecule has 1 saturated carbocycles. The maximum atomic E-state index is 13.4. The molecule has 18 heavy (non-hydrogen) atoms. The van der Waals surface area contributed by atoms with Crippen molar-refractivity contribution in [1.82, 2.24) is 0 Å². The molecule has 1 fully saturated rings. The molecule has 1 aromatic rings. The first kappa shape index (κ1) is 13.0. The predicted molar refractivity (Wildman–Crippen MR) is 72.4 cm³/mol. The Kier molecular flexibility index (Phi) is 3.94. The van der Waals surface area contributed by atoms with Crippen molar-refractivity contribution in [3.8, 4) is 5.75 Å². The van der Waals surface area contributed by atoms with Gasteiger partial charge < -0.3 is 15.8 Å². The first-order chi connectivity index (χ1) is 8.61. The lowest BCUT2D eigenvalue weighted by molar-refractivity contribution is 0.387. The van der Waals surface area contributed by atoms with Crippen LogP contribution in [0.25, 0.3) is 0 Å². The Morgan fingerprint density at radius 3 is 2.83 bits per heavy atom. The van der Waals surface area contributed by atoms with Crippen molar-refractivity contribution in [1.29, 1.82) is 0 Å². The highest BCUT2D eigenvalue weighted by Crippen LogP contribution is 2.33. The van der Waals surface area contributed by atoms with E-state index < -0.39 is 5.82 Å². The standard InChI is InChI=1S/C14H21FN2O/c1-9-4-3-5-10(9)8-17-13-7-14(18-2)11(15)6-12(13)16/h6-7,9-10,17H,3-5,8,16H2,1-2H3. The molecular formula is C14H21FN2O. The van der Waals surface area contributed by atoms with Crippen LogP contribution in [0.5, 0.6) is 5.75 Å². The molecule has 1 aliphatic carbocycles. The highest BCUT2D eigenvalue weighted by atomic mass is 19.1. The van der Waals surface area contributed by atoms with E-state index in [1.807, 2.05) is 0 Å². The van der Waals surface area contributed by atoms with Crippen molar-refractivity contribution in [2.75, 3.05) is 24.7 Å². The maximum Gasteiger partial charge on any atom is 0.167 e. The molecule has 0 radical (unpaired) electrons.